The number of hydrogen-bond acceptors (Lipinski definition) is 4. The van der Waals surface area contributed by atoms with Gasteiger partial charge in [-0.1, -0.05) is 6.42 Å². The van der Waals surface area contributed by atoms with E-state index < -0.39 is 36.3 Å². The Balaban J connectivity index is 1.84. The number of benzene rings is 1. The van der Waals surface area contributed by atoms with Crippen LogP contribution in [0, 0.1) is 11.7 Å². The van der Waals surface area contributed by atoms with Crippen LogP contribution in [-0.4, -0.2) is 35.7 Å². The van der Waals surface area contributed by atoms with Crippen molar-refractivity contribution in [2.75, 3.05) is 13.7 Å². The van der Waals surface area contributed by atoms with Crippen molar-refractivity contribution in [1.82, 2.24) is 15.3 Å². The number of aromatic nitrogens is 2. The molecule has 5 nitrogen and oxygen atoms in total. The number of nitrogens with one attached hydrogen (secondary N) is 1. The molecule has 1 amide bonds. The topological polar surface area (TPSA) is 64.1 Å². The van der Waals surface area contributed by atoms with E-state index in [9.17, 15) is 22.4 Å². The van der Waals surface area contributed by atoms with E-state index in [4.69, 9.17) is 4.74 Å². The first-order valence-corrected chi connectivity index (χ1v) is 8.80. The van der Waals surface area contributed by atoms with E-state index in [1.165, 1.54) is 7.11 Å². The molecule has 150 valence electrons. The van der Waals surface area contributed by atoms with Gasteiger partial charge in [0.05, 0.1) is 19.0 Å². The minimum absolute atomic E-state index is 0.0606. The van der Waals surface area contributed by atoms with Crippen LogP contribution in [0.15, 0.2) is 30.5 Å². The summed E-state index contributed by atoms with van der Waals surface area (Å²) in [6.07, 6.45) is -2.00. The quantitative estimate of drug-likeness (QED) is 0.779. The van der Waals surface area contributed by atoms with Gasteiger partial charge in [-0.05, 0) is 37.1 Å². The number of amides is 1. The molecule has 2 aromatic rings. The van der Waals surface area contributed by atoms with Gasteiger partial charge in [-0.15, -0.1) is 0 Å². The van der Waals surface area contributed by atoms with Gasteiger partial charge >= 0.3 is 6.18 Å². The number of alkyl halides is 3. The van der Waals surface area contributed by atoms with E-state index in [1.807, 2.05) is 5.32 Å². The van der Waals surface area contributed by atoms with Crippen LogP contribution in [0.2, 0.25) is 0 Å². The number of carbonyl (C=O) groups excluding carboxylic acids is 1. The highest BCUT2D eigenvalue weighted by Gasteiger charge is 2.38. The second-order valence-corrected chi connectivity index (χ2v) is 6.63. The highest BCUT2D eigenvalue weighted by molar-refractivity contribution is 5.80. The maximum atomic E-state index is 14.4. The molecule has 1 fully saturated rings. The number of carbonyl (C=O) groups is 1. The van der Waals surface area contributed by atoms with Gasteiger partial charge in [-0.25, -0.2) is 14.4 Å². The molecular weight excluding hydrogens is 378 g/mol. The Labute approximate surface area is 159 Å². The Hall–Kier alpha value is -2.71. The lowest BCUT2D eigenvalue weighted by molar-refractivity contribution is -0.141. The van der Waals surface area contributed by atoms with Gasteiger partial charge in [-0.2, -0.15) is 13.2 Å². The number of rotatable bonds is 5. The van der Waals surface area contributed by atoms with Gasteiger partial charge in [0.2, 0.25) is 5.91 Å². The van der Waals surface area contributed by atoms with Crippen LogP contribution >= 0.6 is 0 Å². The van der Waals surface area contributed by atoms with Crippen LogP contribution in [0.25, 0.3) is 11.4 Å². The SMILES string of the molecule is COc1ccc(-c2ncc(F)c(C3CCC[C@@H]3C(=O)NCC(F)(F)F)n2)cc1. The summed E-state index contributed by atoms with van der Waals surface area (Å²) in [5, 5.41) is 1.90. The second kappa shape index (κ2) is 8.12. The van der Waals surface area contributed by atoms with E-state index in [0.717, 1.165) is 6.20 Å². The molecule has 1 aromatic carbocycles. The predicted octanol–water partition coefficient (Wildman–Crippen LogP) is 3.85. The molecule has 0 bridgehead atoms. The molecular formula is C19H19F4N3O2. The first-order valence-electron chi connectivity index (χ1n) is 8.80. The zero-order valence-electron chi connectivity index (χ0n) is 15.1. The summed E-state index contributed by atoms with van der Waals surface area (Å²) in [5.74, 6) is -1.83. The van der Waals surface area contributed by atoms with Crippen LogP contribution in [-0.2, 0) is 4.79 Å². The standard InChI is InChI=1S/C19H19F4N3O2/c1-28-12-7-5-11(6-8-12)17-24-9-15(20)16(26-17)13-3-2-4-14(13)18(27)25-10-19(21,22)23/h5-9,13-14H,2-4,10H2,1H3,(H,25,27)/t13?,14-/m0/s1. The molecule has 28 heavy (non-hydrogen) atoms. The normalized spacial score (nSPS) is 19.5. The highest BCUT2D eigenvalue weighted by atomic mass is 19.4. The third kappa shape index (κ3) is 4.58. The lowest BCUT2D eigenvalue weighted by atomic mass is 9.91. The Morgan fingerprint density at radius 1 is 1.25 bits per heavy atom. The molecule has 1 saturated carbocycles. The smallest absolute Gasteiger partial charge is 0.405 e. The zero-order chi connectivity index (χ0) is 20.3. The molecule has 1 aromatic heterocycles. The molecule has 0 spiro atoms. The molecule has 1 aliphatic rings. The van der Waals surface area contributed by atoms with E-state index in [-0.39, 0.29) is 11.5 Å². The number of nitrogens with zero attached hydrogens (tertiary/aromatic N) is 2. The van der Waals surface area contributed by atoms with E-state index >= 15 is 0 Å². The summed E-state index contributed by atoms with van der Waals surface area (Å²) in [4.78, 5) is 20.5. The van der Waals surface area contributed by atoms with Gasteiger partial charge in [0.25, 0.3) is 0 Å². The molecule has 1 heterocycles. The molecule has 3 rings (SSSR count). The summed E-state index contributed by atoms with van der Waals surface area (Å²) >= 11 is 0. The number of halogens is 4. The van der Waals surface area contributed by atoms with Crippen LogP contribution in [0.4, 0.5) is 17.6 Å². The maximum Gasteiger partial charge on any atom is 0.405 e. The number of ether oxygens (including phenoxy) is 1. The molecule has 2 atom stereocenters. The minimum Gasteiger partial charge on any atom is -0.497 e. The summed E-state index contributed by atoms with van der Waals surface area (Å²) < 4.78 is 56.6. The van der Waals surface area contributed by atoms with Crippen molar-refractivity contribution in [3.8, 4) is 17.1 Å². The molecule has 0 saturated heterocycles. The van der Waals surface area contributed by atoms with Gasteiger partial charge in [0.15, 0.2) is 11.6 Å². The fourth-order valence-corrected chi connectivity index (χ4v) is 3.44. The van der Waals surface area contributed by atoms with Crippen molar-refractivity contribution < 1.29 is 27.1 Å². The first kappa shape index (κ1) is 20.0. The predicted molar refractivity (Wildman–Crippen MR) is 93.1 cm³/mol. The van der Waals surface area contributed by atoms with Crippen LogP contribution in [0.1, 0.15) is 30.9 Å². The number of hydrogen-bond donors (Lipinski definition) is 1. The average molecular weight is 397 g/mol. The van der Waals surface area contributed by atoms with Crippen molar-refractivity contribution in [2.45, 2.75) is 31.4 Å². The van der Waals surface area contributed by atoms with Gasteiger partial charge < -0.3 is 10.1 Å². The monoisotopic (exact) mass is 397 g/mol. The molecule has 0 radical (unpaired) electrons. The highest BCUT2D eigenvalue weighted by Crippen LogP contribution is 2.40. The Morgan fingerprint density at radius 3 is 2.61 bits per heavy atom. The van der Waals surface area contributed by atoms with Crippen LogP contribution < -0.4 is 10.1 Å². The molecule has 0 aliphatic heterocycles. The zero-order valence-corrected chi connectivity index (χ0v) is 15.1. The summed E-state index contributed by atoms with van der Waals surface area (Å²) in [6, 6.07) is 6.87. The summed E-state index contributed by atoms with van der Waals surface area (Å²) in [6.45, 7) is -1.40. The lowest BCUT2D eigenvalue weighted by Gasteiger charge is -2.20. The average Bonchev–Trinajstić information content (AvgIpc) is 3.15. The second-order valence-electron chi connectivity index (χ2n) is 6.63. The van der Waals surface area contributed by atoms with Crippen molar-refractivity contribution in [3.63, 3.8) is 0 Å². The van der Waals surface area contributed by atoms with Crippen molar-refractivity contribution in [2.24, 2.45) is 5.92 Å². The number of methoxy groups -OCH3 is 1. The molecule has 1 N–H and O–H groups in total. The summed E-state index contributed by atoms with van der Waals surface area (Å²) in [7, 11) is 1.53. The van der Waals surface area contributed by atoms with E-state index in [1.54, 1.807) is 24.3 Å². The Bertz CT molecular complexity index is 840. The third-order valence-corrected chi connectivity index (χ3v) is 4.79. The first-order chi connectivity index (χ1) is 13.3. The van der Waals surface area contributed by atoms with Crippen molar-refractivity contribution in [1.29, 1.82) is 0 Å². The van der Waals surface area contributed by atoms with Gasteiger partial charge in [0, 0.05) is 17.4 Å². The molecule has 9 heteroatoms. The van der Waals surface area contributed by atoms with Crippen molar-refractivity contribution >= 4 is 5.91 Å². The fraction of sp³-hybridized carbons (Fsp3) is 0.421. The fourth-order valence-electron chi connectivity index (χ4n) is 3.44. The maximum absolute atomic E-state index is 14.4. The Kier molecular flexibility index (Phi) is 5.81. The molecule has 1 unspecified atom stereocenters. The largest absolute Gasteiger partial charge is 0.497 e. The van der Waals surface area contributed by atoms with Gasteiger partial charge in [0.1, 0.15) is 12.3 Å². The van der Waals surface area contributed by atoms with Gasteiger partial charge in [-0.3, -0.25) is 4.79 Å². The minimum atomic E-state index is -4.49. The summed E-state index contributed by atoms with van der Waals surface area (Å²) in [5.41, 5.74) is 0.698. The van der Waals surface area contributed by atoms with Crippen LogP contribution in [0.3, 0.4) is 0 Å². The van der Waals surface area contributed by atoms with E-state index in [0.29, 0.717) is 30.6 Å². The van der Waals surface area contributed by atoms with Crippen molar-refractivity contribution in [3.05, 3.63) is 42.0 Å². The third-order valence-electron chi connectivity index (χ3n) is 4.79. The molecule has 1 aliphatic carbocycles. The van der Waals surface area contributed by atoms with E-state index in [2.05, 4.69) is 9.97 Å². The van der Waals surface area contributed by atoms with Crippen LogP contribution in [0.5, 0.6) is 5.75 Å². The Morgan fingerprint density at radius 2 is 1.96 bits per heavy atom. The lowest BCUT2D eigenvalue weighted by Crippen LogP contribution is -2.38.